The molecule has 0 saturated heterocycles. The number of hydrogen-bond acceptors (Lipinski definition) is 4. The lowest BCUT2D eigenvalue weighted by molar-refractivity contribution is -0.892. The number of hydrogen-bond donors (Lipinski definition) is 0. The standard InChI is InChI=1S/C51H89N2O4/c1-5-7-9-11-13-15-17-19-21-23-25-27-29-31-33-37-43-56-46-47(45-53(3,4)42-41-52-50(54)48-39-35-36-40-49(48)51(52)55)57-44-38-34-32-30-28-26-24-22-20-18-16-14-12-10-8-6-2/h19-22,35-36,39-40,47H,5-18,23-34,37-38,41-46H2,1-4H3/q+1. The predicted octanol–water partition coefficient (Wildman–Crippen LogP) is 13.8. The number of allylic oxidation sites excluding steroid dienone is 4. The van der Waals surface area contributed by atoms with Crippen LogP contribution in [0.5, 0.6) is 0 Å². The minimum absolute atomic E-state index is 0.0144. The zero-order valence-corrected chi connectivity index (χ0v) is 37.8. The number of carbonyl (C=O) groups excluding carboxylic acids is 2. The number of carbonyl (C=O) groups is 2. The van der Waals surface area contributed by atoms with E-state index >= 15 is 0 Å². The van der Waals surface area contributed by atoms with E-state index in [1.54, 1.807) is 12.1 Å². The molecular formula is C51H89N2O4+. The second-order valence-electron chi connectivity index (χ2n) is 17.6. The molecular weight excluding hydrogens is 705 g/mol. The SMILES string of the molecule is CCCCCCCCC=CCCCCCCCCOCC(C[N+](C)(C)CCN1C(=O)c2ccccc2C1=O)OCCCCCCCCC=CCCCCCCCC. The monoisotopic (exact) mass is 794 g/mol. The number of likely N-dealkylation sites (N-methyl/N-ethyl adjacent to an activating group) is 1. The van der Waals surface area contributed by atoms with E-state index in [9.17, 15) is 9.59 Å². The maximum absolute atomic E-state index is 13.0. The minimum atomic E-state index is -0.178. The summed E-state index contributed by atoms with van der Waals surface area (Å²) in [6, 6.07) is 7.15. The van der Waals surface area contributed by atoms with E-state index in [0.29, 0.717) is 35.3 Å². The van der Waals surface area contributed by atoms with Crippen molar-refractivity contribution in [3.63, 3.8) is 0 Å². The third-order valence-corrected chi connectivity index (χ3v) is 11.6. The average Bonchev–Trinajstić information content (AvgIpc) is 3.45. The molecule has 0 spiro atoms. The number of rotatable bonds is 40. The highest BCUT2D eigenvalue weighted by Crippen LogP contribution is 2.23. The Balaban J connectivity index is 1.62. The number of nitrogens with zero attached hydrogens (tertiary/aromatic N) is 2. The Bertz CT molecular complexity index is 1160. The summed E-state index contributed by atoms with van der Waals surface area (Å²) >= 11 is 0. The van der Waals surface area contributed by atoms with Gasteiger partial charge in [0.25, 0.3) is 11.8 Å². The molecule has 0 bridgehead atoms. The molecule has 1 unspecified atom stereocenters. The Hall–Kier alpha value is -2.28. The second kappa shape index (κ2) is 34.6. The fourth-order valence-electron chi connectivity index (χ4n) is 7.87. The third kappa shape index (κ3) is 25.7. The van der Waals surface area contributed by atoms with Gasteiger partial charge in [-0.1, -0.05) is 166 Å². The van der Waals surface area contributed by atoms with E-state index in [1.807, 2.05) is 12.1 Å². The molecule has 0 radical (unpaired) electrons. The molecule has 1 aliphatic rings. The average molecular weight is 794 g/mol. The molecule has 2 rings (SSSR count). The summed E-state index contributed by atoms with van der Waals surface area (Å²) < 4.78 is 13.4. The van der Waals surface area contributed by atoms with Crippen LogP contribution in [0.2, 0.25) is 0 Å². The van der Waals surface area contributed by atoms with Gasteiger partial charge in [0.2, 0.25) is 0 Å². The van der Waals surface area contributed by atoms with E-state index in [4.69, 9.17) is 9.47 Å². The maximum Gasteiger partial charge on any atom is 0.261 e. The Morgan fingerprint density at radius 2 is 0.930 bits per heavy atom. The van der Waals surface area contributed by atoms with Gasteiger partial charge in [-0.2, -0.15) is 0 Å². The molecule has 6 heteroatoms. The number of imide groups is 1. The zero-order valence-electron chi connectivity index (χ0n) is 37.8. The van der Waals surface area contributed by atoms with Crippen molar-refractivity contribution in [1.82, 2.24) is 4.90 Å². The van der Waals surface area contributed by atoms with Gasteiger partial charge in [0, 0.05) is 13.2 Å². The molecule has 1 aromatic rings. The van der Waals surface area contributed by atoms with Gasteiger partial charge in [-0.3, -0.25) is 14.5 Å². The highest BCUT2D eigenvalue weighted by Gasteiger charge is 2.36. The fourth-order valence-corrected chi connectivity index (χ4v) is 7.87. The van der Waals surface area contributed by atoms with Crippen LogP contribution in [0.25, 0.3) is 0 Å². The highest BCUT2D eigenvalue weighted by atomic mass is 16.5. The molecule has 0 N–H and O–H groups in total. The van der Waals surface area contributed by atoms with Crippen LogP contribution >= 0.6 is 0 Å². The second-order valence-corrected chi connectivity index (χ2v) is 17.6. The molecule has 6 nitrogen and oxygen atoms in total. The number of unbranched alkanes of at least 4 members (excludes halogenated alkanes) is 24. The molecule has 0 aliphatic carbocycles. The molecule has 1 atom stereocenters. The van der Waals surface area contributed by atoms with Crippen molar-refractivity contribution >= 4 is 11.8 Å². The van der Waals surface area contributed by atoms with Crippen LogP contribution < -0.4 is 0 Å². The molecule has 57 heavy (non-hydrogen) atoms. The van der Waals surface area contributed by atoms with Crippen molar-refractivity contribution in [2.75, 3.05) is 53.6 Å². The van der Waals surface area contributed by atoms with Crippen LogP contribution in [-0.2, 0) is 9.47 Å². The van der Waals surface area contributed by atoms with E-state index in [1.165, 1.54) is 172 Å². The molecule has 2 amide bonds. The largest absolute Gasteiger partial charge is 0.379 e. The Morgan fingerprint density at radius 1 is 0.544 bits per heavy atom. The molecule has 1 heterocycles. The van der Waals surface area contributed by atoms with E-state index in [2.05, 4.69) is 52.2 Å². The predicted molar refractivity (Wildman–Crippen MR) is 243 cm³/mol. The van der Waals surface area contributed by atoms with Crippen LogP contribution in [0.3, 0.4) is 0 Å². The maximum atomic E-state index is 13.0. The highest BCUT2D eigenvalue weighted by molar-refractivity contribution is 6.21. The number of benzene rings is 1. The lowest BCUT2D eigenvalue weighted by Crippen LogP contribution is -2.51. The summed E-state index contributed by atoms with van der Waals surface area (Å²) in [7, 11) is 4.34. The summed E-state index contributed by atoms with van der Waals surface area (Å²) in [6.07, 6.45) is 46.1. The molecule has 1 aliphatic heterocycles. The third-order valence-electron chi connectivity index (χ3n) is 11.6. The number of fused-ring (bicyclic) bond motifs is 1. The summed E-state index contributed by atoms with van der Waals surface area (Å²) in [6.45, 7) is 8.53. The number of amides is 2. The number of quaternary nitrogens is 1. The van der Waals surface area contributed by atoms with Crippen LogP contribution in [0.1, 0.15) is 214 Å². The van der Waals surface area contributed by atoms with E-state index < -0.39 is 0 Å². The molecule has 1 aromatic carbocycles. The van der Waals surface area contributed by atoms with Gasteiger partial charge >= 0.3 is 0 Å². The Labute approximate surface area is 352 Å². The van der Waals surface area contributed by atoms with Gasteiger partial charge in [0.15, 0.2) is 0 Å². The molecule has 0 fully saturated rings. The van der Waals surface area contributed by atoms with Gasteiger partial charge in [-0.15, -0.1) is 0 Å². The first-order valence-electron chi connectivity index (χ1n) is 24.2. The van der Waals surface area contributed by atoms with Gasteiger partial charge in [0.05, 0.1) is 44.9 Å². The van der Waals surface area contributed by atoms with Crippen molar-refractivity contribution in [1.29, 1.82) is 0 Å². The summed E-state index contributed by atoms with van der Waals surface area (Å²) in [4.78, 5) is 27.4. The Morgan fingerprint density at radius 3 is 1.37 bits per heavy atom. The van der Waals surface area contributed by atoms with E-state index in [0.717, 1.165) is 32.6 Å². The first kappa shape index (κ1) is 50.9. The van der Waals surface area contributed by atoms with Crippen molar-refractivity contribution in [2.45, 2.75) is 200 Å². The first-order chi connectivity index (χ1) is 27.9. The van der Waals surface area contributed by atoms with Crippen LogP contribution in [0.4, 0.5) is 0 Å². The topological polar surface area (TPSA) is 55.8 Å². The smallest absolute Gasteiger partial charge is 0.261 e. The number of ether oxygens (including phenoxy) is 2. The van der Waals surface area contributed by atoms with Crippen molar-refractivity contribution in [3.8, 4) is 0 Å². The normalized spacial score (nSPS) is 13.9. The summed E-state index contributed by atoms with van der Waals surface area (Å²) in [5.74, 6) is -0.357. The van der Waals surface area contributed by atoms with Crippen molar-refractivity contribution in [2.24, 2.45) is 0 Å². The van der Waals surface area contributed by atoms with Crippen molar-refractivity contribution in [3.05, 3.63) is 59.7 Å². The quantitative estimate of drug-likeness (QED) is 0.0287. The molecule has 0 aromatic heterocycles. The minimum Gasteiger partial charge on any atom is -0.379 e. The van der Waals surface area contributed by atoms with Crippen LogP contribution in [0, 0.1) is 0 Å². The van der Waals surface area contributed by atoms with Gasteiger partial charge in [-0.05, 0) is 76.3 Å². The Kier molecular flexibility index (Phi) is 30.8. The van der Waals surface area contributed by atoms with Gasteiger partial charge in [-0.25, -0.2) is 0 Å². The lowest BCUT2D eigenvalue weighted by Gasteiger charge is -2.34. The zero-order chi connectivity index (χ0) is 41.1. The summed E-state index contributed by atoms with van der Waals surface area (Å²) in [5.41, 5.74) is 1.04. The first-order valence-corrected chi connectivity index (χ1v) is 24.2. The lowest BCUT2D eigenvalue weighted by atomic mass is 10.1. The van der Waals surface area contributed by atoms with E-state index in [-0.39, 0.29) is 17.9 Å². The van der Waals surface area contributed by atoms with Gasteiger partial charge in [0.1, 0.15) is 12.6 Å². The van der Waals surface area contributed by atoms with Crippen LogP contribution in [-0.4, -0.2) is 80.9 Å². The molecule has 326 valence electrons. The van der Waals surface area contributed by atoms with Crippen molar-refractivity contribution < 1.29 is 23.5 Å². The van der Waals surface area contributed by atoms with Gasteiger partial charge < -0.3 is 14.0 Å². The van der Waals surface area contributed by atoms with Crippen LogP contribution in [0.15, 0.2) is 48.6 Å². The summed E-state index contributed by atoms with van der Waals surface area (Å²) in [5, 5.41) is 0. The molecule has 0 saturated carbocycles. The fraction of sp³-hybridized carbons (Fsp3) is 0.765.